The van der Waals surface area contributed by atoms with Crippen LogP contribution in [-0.2, 0) is 23.9 Å². The molecule has 0 aromatic carbocycles. The molecule has 6 nitrogen and oxygen atoms in total. The van der Waals surface area contributed by atoms with Crippen molar-refractivity contribution in [2.75, 3.05) is 0 Å². The molecule has 3 aliphatic carbocycles. The maximum absolute atomic E-state index is 11.8. The maximum atomic E-state index is 11.8. The van der Waals surface area contributed by atoms with E-state index < -0.39 is 12.1 Å². The summed E-state index contributed by atoms with van der Waals surface area (Å²) in [5.41, 5.74) is -0.0559. The van der Waals surface area contributed by atoms with Crippen LogP contribution in [0.3, 0.4) is 0 Å². The van der Waals surface area contributed by atoms with Gasteiger partial charge in [-0.1, -0.05) is 53.9 Å². The van der Waals surface area contributed by atoms with E-state index in [-0.39, 0.29) is 23.6 Å². The van der Waals surface area contributed by atoms with Gasteiger partial charge in [-0.2, -0.15) is 0 Å². The molecule has 10 atom stereocenters. The number of rotatable bonds is 9. The Morgan fingerprint density at radius 1 is 1.00 bits per heavy atom. The van der Waals surface area contributed by atoms with Crippen LogP contribution < -0.4 is 0 Å². The average molecular weight is 537 g/mol. The molecule has 4 fully saturated rings. The Balaban J connectivity index is 1.63. The number of fused-ring (bicyclic) bond motifs is 5. The van der Waals surface area contributed by atoms with Gasteiger partial charge in [0.15, 0.2) is 6.29 Å². The van der Waals surface area contributed by atoms with Crippen LogP contribution in [0.5, 0.6) is 0 Å². The summed E-state index contributed by atoms with van der Waals surface area (Å²) in [5, 5.41) is 10.5. The molecular formula is C32H56O6. The van der Waals surface area contributed by atoms with Crippen molar-refractivity contribution in [1.29, 1.82) is 0 Å². The Morgan fingerprint density at radius 2 is 1.74 bits per heavy atom. The third-order valence-electron chi connectivity index (χ3n) is 11.5. The van der Waals surface area contributed by atoms with Crippen molar-refractivity contribution < 1.29 is 29.1 Å². The molecule has 3 saturated carbocycles. The quantitative estimate of drug-likeness (QED) is 0.183. The Bertz CT molecular complexity index is 814. The molecule has 1 N–H and O–H groups in total. The lowest BCUT2D eigenvalue weighted by atomic mass is 9.49. The van der Waals surface area contributed by atoms with E-state index in [9.17, 15) is 10.1 Å². The topological polar surface area (TPSA) is 74.2 Å². The van der Waals surface area contributed by atoms with Crippen molar-refractivity contribution in [2.45, 2.75) is 150 Å². The second-order valence-electron chi connectivity index (χ2n) is 14.6. The minimum Gasteiger partial charge on any atom is -0.462 e. The second-order valence-corrected chi connectivity index (χ2v) is 14.6. The zero-order valence-electron chi connectivity index (χ0n) is 25.5. The van der Waals surface area contributed by atoms with E-state index in [1.165, 1.54) is 45.4 Å². The first-order valence-electron chi connectivity index (χ1n) is 15.7. The van der Waals surface area contributed by atoms with E-state index in [4.69, 9.17) is 19.1 Å². The van der Waals surface area contributed by atoms with E-state index in [2.05, 4.69) is 34.6 Å². The molecule has 38 heavy (non-hydrogen) atoms. The number of esters is 1. The number of hydrogen-bond acceptors (Lipinski definition) is 6. The first kappa shape index (κ1) is 30.3. The summed E-state index contributed by atoms with van der Waals surface area (Å²) in [5.74, 6) is 2.18. The van der Waals surface area contributed by atoms with Gasteiger partial charge in [0.25, 0.3) is 0 Å². The summed E-state index contributed by atoms with van der Waals surface area (Å²) >= 11 is 0. The fourth-order valence-corrected chi connectivity index (χ4v) is 9.74. The second kappa shape index (κ2) is 11.7. The number of carbonyl (C=O) groups excluding carboxylic acids is 1. The molecule has 0 unspecified atom stereocenters. The summed E-state index contributed by atoms with van der Waals surface area (Å²) < 4.78 is 18.7. The molecule has 6 heteroatoms. The van der Waals surface area contributed by atoms with Gasteiger partial charge < -0.3 is 14.2 Å². The summed E-state index contributed by atoms with van der Waals surface area (Å²) in [6.45, 7) is 17.5. The minimum atomic E-state index is -1.25. The first-order chi connectivity index (χ1) is 17.8. The van der Waals surface area contributed by atoms with Crippen molar-refractivity contribution in [1.82, 2.24) is 0 Å². The van der Waals surface area contributed by atoms with Crippen LogP contribution in [0.4, 0.5) is 0 Å². The first-order valence-corrected chi connectivity index (χ1v) is 15.7. The van der Waals surface area contributed by atoms with Gasteiger partial charge in [0.05, 0.1) is 6.10 Å². The van der Waals surface area contributed by atoms with E-state index >= 15 is 0 Å². The zero-order valence-corrected chi connectivity index (χ0v) is 25.5. The Hall–Kier alpha value is -0.690. The van der Waals surface area contributed by atoms with E-state index in [1.54, 1.807) is 0 Å². The predicted molar refractivity (Wildman–Crippen MR) is 148 cm³/mol. The number of ether oxygens (including phenoxy) is 3. The van der Waals surface area contributed by atoms with E-state index in [0.29, 0.717) is 29.6 Å². The smallest absolute Gasteiger partial charge is 0.302 e. The zero-order chi connectivity index (χ0) is 27.9. The molecule has 4 rings (SSSR count). The van der Waals surface area contributed by atoms with Gasteiger partial charge in [0.1, 0.15) is 6.10 Å². The van der Waals surface area contributed by atoms with Crippen LogP contribution in [0.2, 0.25) is 0 Å². The largest absolute Gasteiger partial charge is 0.462 e. The van der Waals surface area contributed by atoms with Gasteiger partial charge in [0, 0.05) is 25.2 Å². The minimum absolute atomic E-state index is 0.00122. The molecule has 0 amide bonds. The van der Waals surface area contributed by atoms with Gasteiger partial charge in [-0.15, -0.1) is 0 Å². The molecule has 0 spiro atoms. The van der Waals surface area contributed by atoms with Gasteiger partial charge in [-0.05, 0) is 93.3 Å². The van der Waals surface area contributed by atoms with Crippen LogP contribution >= 0.6 is 0 Å². The van der Waals surface area contributed by atoms with Crippen LogP contribution in [0, 0.1) is 46.3 Å². The maximum Gasteiger partial charge on any atom is 0.302 e. The molecule has 1 saturated heterocycles. The van der Waals surface area contributed by atoms with Crippen LogP contribution in [0.1, 0.15) is 126 Å². The standard InChI is InChI=1S/C32H56O6/c1-20(2)10-9-11-22(5)26-12-13-27-25-18-29(35-21(3)4)37-32(38-34)19-24(36-23(6)33)14-17-31(32,8)28(25)15-16-30(26,27)7/h20-22,24-29,34H,9-19H2,1-8H3/t22-,24+,25+,26-,27+,28+,29-,30-,31-,32-/m1/s1. The molecule has 4 aliphatic rings. The van der Waals surface area contributed by atoms with Crippen LogP contribution in [-0.4, -0.2) is 35.5 Å². The third kappa shape index (κ3) is 5.58. The monoisotopic (exact) mass is 536 g/mol. The van der Waals surface area contributed by atoms with Gasteiger partial charge in [-0.25, -0.2) is 10.1 Å². The lowest BCUT2D eigenvalue weighted by Crippen LogP contribution is -2.61. The highest BCUT2D eigenvalue weighted by Crippen LogP contribution is 2.68. The van der Waals surface area contributed by atoms with Gasteiger partial charge in [-0.3, -0.25) is 4.79 Å². The van der Waals surface area contributed by atoms with Gasteiger partial charge >= 0.3 is 5.97 Å². The molecule has 1 aliphatic heterocycles. The molecule has 0 bridgehead atoms. The molecule has 220 valence electrons. The summed E-state index contributed by atoms with van der Waals surface area (Å²) in [4.78, 5) is 17.2. The van der Waals surface area contributed by atoms with E-state index in [0.717, 1.165) is 43.4 Å². The Kier molecular flexibility index (Phi) is 9.29. The van der Waals surface area contributed by atoms with Crippen LogP contribution in [0.15, 0.2) is 0 Å². The predicted octanol–water partition coefficient (Wildman–Crippen LogP) is 7.99. The Morgan fingerprint density at radius 3 is 2.37 bits per heavy atom. The fourth-order valence-electron chi connectivity index (χ4n) is 9.74. The molecule has 0 aromatic heterocycles. The van der Waals surface area contributed by atoms with Crippen molar-refractivity contribution in [3.05, 3.63) is 0 Å². The molecule has 0 aromatic rings. The van der Waals surface area contributed by atoms with Gasteiger partial charge in [0.2, 0.25) is 5.79 Å². The molecule has 1 heterocycles. The Labute approximate surface area is 231 Å². The van der Waals surface area contributed by atoms with Crippen LogP contribution in [0.25, 0.3) is 0 Å². The number of carbonyl (C=O) groups is 1. The molecule has 0 radical (unpaired) electrons. The highest BCUT2D eigenvalue weighted by atomic mass is 17.2. The highest BCUT2D eigenvalue weighted by molar-refractivity contribution is 5.66. The van der Waals surface area contributed by atoms with E-state index in [1.807, 2.05) is 13.8 Å². The number of hydrogen-bond donors (Lipinski definition) is 1. The summed E-state index contributed by atoms with van der Waals surface area (Å²) in [6.07, 6.45) is 10.8. The average Bonchev–Trinajstić information content (AvgIpc) is 3.13. The lowest BCUT2D eigenvalue weighted by molar-refractivity contribution is -0.473. The fraction of sp³-hybridized carbons (Fsp3) is 0.969. The highest BCUT2D eigenvalue weighted by Gasteiger charge is 2.67. The molecular weight excluding hydrogens is 480 g/mol. The SMILES string of the molecule is CC(=O)O[C@H]1CC[C@]2(C)[C@H]3CC[C@]4(C)[C@@H]([C@H](C)CCCC(C)C)CC[C@H]4[C@@H]3C[C@H](OC(C)C)O[C@@]2(OO)C1. The van der Waals surface area contributed by atoms with Crippen molar-refractivity contribution in [3.8, 4) is 0 Å². The third-order valence-corrected chi connectivity index (χ3v) is 11.5. The normalized spacial score (nSPS) is 43.8. The lowest BCUT2D eigenvalue weighted by Gasteiger charge is -2.58. The summed E-state index contributed by atoms with van der Waals surface area (Å²) in [7, 11) is 0. The summed E-state index contributed by atoms with van der Waals surface area (Å²) in [6, 6.07) is 0. The van der Waals surface area contributed by atoms with Crippen molar-refractivity contribution in [3.63, 3.8) is 0 Å². The van der Waals surface area contributed by atoms with Crippen molar-refractivity contribution >= 4 is 5.97 Å². The van der Waals surface area contributed by atoms with Crippen molar-refractivity contribution in [2.24, 2.45) is 46.3 Å².